The molecule has 1 heteroatoms. The maximum atomic E-state index is 5.59. The zero-order valence-electron chi connectivity index (χ0n) is 7.90. The normalized spacial score (nSPS) is 13.0. The van der Waals surface area contributed by atoms with Gasteiger partial charge in [0.25, 0.3) is 0 Å². The Bertz CT molecular complexity index is 103. The molecule has 11 heavy (non-hydrogen) atoms. The van der Waals surface area contributed by atoms with Crippen LogP contribution in [0.5, 0.6) is 0 Å². The third-order valence-electron chi connectivity index (χ3n) is 2.09. The summed E-state index contributed by atoms with van der Waals surface area (Å²) < 4.78 is 0. The lowest BCUT2D eigenvalue weighted by molar-refractivity contribution is 0.508. The van der Waals surface area contributed by atoms with Gasteiger partial charge >= 0.3 is 0 Å². The Morgan fingerprint density at radius 3 is 2.45 bits per heavy atom. The van der Waals surface area contributed by atoms with Crippen molar-refractivity contribution in [3.8, 4) is 0 Å². The second-order valence-electron chi connectivity index (χ2n) is 3.21. The first-order chi connectivity index (χ1) is 5.24. The molecule has 0 saturated carbocycles. The van der Waals surface area contributed by atoms with Crippen LogP contribution >= 0.6 is 0 Å². The average molecular weight is 155 g/mol. The Labute approximate surface area is 70.7 Å². The van der Waals surface area contributed by atoms with E-state index >= 15 is 0 Å². The number of hydrogen-bond donors (Lipinski definition) is 1. The standard InChI is InChI=1S/C10H21N/c1-4-6-9(3)7-10(5-2)8-11/h10H,3-8,11H2,1-2H3. The van der Waals surface area contributed by atoms with Gasteiger partial charge in [-0.1, -0.05) is 38.8 Å². The molecule has 1 nitrogen and oxygen atoms in total. The van der Waals surface area contributed by atoms with Crippen LogP contribution in [0.15, 0.2) is 12.2 Å². The van der Waals surface area contributed by atoms with Crippen LogP contribution < -0.4 is 5.73 Å². The smallest absolute Gasteiger partial charge is 0.00459 e. The Balaban J connectivity index is 3.54. The molecule has 0 bridgehead atoms. The second kappa shape index (κ2) is 6.41. The highest BCUT2D eigenvalue weighted by Crippen LogP contribution is 2.16. The molecule has 0 heterocycles. The molecule has 2 N–H and O–H groups in total. The van der Waals surface area contributed by atoms with Crippen molar-refractivity contribution in [1.82, 2.24) is 0 Å². The van der Waals surface area contributed by atoms with E-state index in [1.165, 1.54) is 18.4 Å². The Morgan fingerprint density at radius 1 is 1.45 bits per heavy atom. The van der Waals surface area contributed by atoms with Gasteiger partial charge in [0.15, 0.2) is 0 Å². The first kappa shape index (κ1) is 10.7. The highest BCUT2D eigenvalue weighted by Gasteiger charge is 2.04. The first-order valence-corrected chi connectivity index (χ1v) is 4.61. The van der Waals surface area contributed by atoms with E-state index in [0.717, 1.165) is 19.4 Å². The van der Waals surface area contributed by atoms with Crippen LogP contribution in [0.1, 0.15) is 39.5 Å². The molecule has 0 radical (unpaired) electrons. The fourth-order valence-corrected chi connectivity index (χ4v) is 1.26. The largest absolute Gasteiger partial charge is 0.330 e. The molecule has 0 amide bonds. The van der Waals surface area contributed by atoms with Crippen molar-refractivity contribution in [1.29, 1.82) is 0 Å². The lowest BCUT2D eigenvalue weighted by atomic mass is 9.96. The van der Waals surface area contributed by atoms with Crippen molar-refractivity contribution in [2.75, 3.05) is 6.54 Å². The molecule has 0 spiro atoms. The molecule has 0 aromatic rings. The van der Waals surface area contributed by atoms with Gasteiger partial charge in [0, 0.05) is 0 Å². The van der Waals surface area contributed by atoms with Crippen molar-refractivity contribution in [3.05, 3.63) is 12.2 Å². The molecule has 0 aliphatic rings. The van der Waals surface area contributed by atoms with Gasteiger partial charge in [-0.25, -0.2) is 0 Å². The van der Waals surface area contributed by atoms with Crippen LogP contribution in [0.2, 0.25) is 0 Å². The lowest BCUT2D eigenvalue weighted by Gasteiger charge is -2.12. The molecule has 66 valence electrons. The second-order valence-corrected chi connectivity index (χ2v) is 3.21. The van der Waals surface area contributed by atoms with Crippen molar-refractivity contribution in [2.24, 2.45) is 11.7 Å². The Morgan fingerprint density at radius 2 is 2.09 bits per heavy atom. The van der Waals surface area contributed by atoms with Crippen molar-refractivity contribution in [3.63, 3.8) is 0 Å². The molecule has 0 aromatic heterocycles. The third kappa shape index (κ3) is 5.02. The molecule has 1 atom stereocenters. The van der Waals surface area contributed by atoms with Crippen LogP contribution in [0.3, 0.4) is 0 Å². The van der Waals surface area contributed by atoms with E-state index in [9.17, 15) is 0 Å². The van der Waals surface area contributed by atoms with Gasteiger partial charge in [0.2, 0.25) is 0 Å². The van der Waals surface area contributed by atoms with Crippen molar-refractivity contribution < 1.29 is 0 Å². The van der Waals surface area contributed by atoms with Crippen LogP contribution in [0, 0.1) is 5.92 Å². The Kier molecular flexibility index (Phi) is 6.24. The summed E-state index contributed by atoms with van der Waals surface area (Å²) in [5.41, 5.74) is 6.95. The highest BCUT2D eigenvalue weighted by molar-refractivity contribution is 4.95. The van der Waals surface area contributed by atoms with Gasteiger partial charge in [-0.05, 0) is 25.3 Å². The minimum Gasteiger partial charge on any atom is -0.330 e. The summed E-state index contributed by atoms with van der Waals surface area (Å²) in [7, 11) is 0. The highest BCUT2D eigenvalue weighted by atomic mass is 14.5. The minimum absolute atomic E-state index is 0.661. The lowest BCUT2D eigenvalue weighted by Crippen LogP contribution is -2.13. The van der Waals surface area contributed by atoms with Gasteiger partial charge in [-0.2, -0.15) is 0 Å². The van der Waals surface area contributed by atoms with Crippen LogP contribution in [0.25, 0.3) is 0 Å². The fraction of sp³-hybridized carbons (Fsp3) is 0.800. The first-order valence-electron chi connectivity index (χ1n) is 4.61. The minimum atomic E-state index is 0.661. The molecule has 1 unspecified atom stereocenters. The summed E-state index contributed by atoms with van der Waals surface area (Å²) >= 11 is 0. The van der Waals surface area contributed by atoms with Gasteiger partial charge in [0.1, 0.15) is 0 Å². The van der Waals surface area contributed by atoms with E-state index in [2.05, 4.69) is 20.4 Å². The molecule has 0 aromatic carbocycles. The summed E-state index contributed by atoms with van der Waals surface area (Å²) in [6.45, 7) is 9.21. The summed E-state index contributed by atoms with van der Waals surface area (Å²) in [5.74, 6) is 0.661. The predicted octanol–water partition coefficient (Wildman–Crippen LogP) is 2.72. The fourth-order valence-electron chi connectivity index (χ4n) is 1.26. The molecule has 0 rings (SSSR count). The van der Waals surface area contributed by atoms with Crippen molar-refractivity contribution in [2.45, 2.75) is 39.5 Å². The van der Waals surface area contributed by atoms with Gasteiger partial charge < -0.3 is 5.73 Å². The Hall–Kier alpha value is -0.300. The number of allylic oxidation sites excluding steroid dienone is 1. The van der Waals surface area contributed by atoms with E-state index in [1.807, 2.05) is 0 Å². The zero-order valence-corrected chi connectivity index (χ0v) is 7.90. The zero-order chi connectivity index (χ0) is 8.69. The van der Waals surface area contributed by atoms with Gasteiger partial charge in [0.05, 0.1) is 0 Å². The maximum Gasteiger partial charge on any atom is -0.00459 e. The topological polar surface area (TPSA) is 26.0 Å². The van der Waals surface area contributed by atoms with E-state index in [0.29, 0.717) is 5.92 Å². The summed E-state index contributed by atoms with van der Waals surface area (Å²) in [6, 6.07) is 0. The van der Waals surface area contributed by atoms with E-state index < -0.39 is 0 Å². The maximum absolute atomic E-state index is 5.59. The number of rotatable bonds is 6. The molecule has 0 aliphatic heterocycles. The van der Waals surface area contributed by atoms with E-state index in [1.54, 1.807) is 0 Å². The quantitative estimate of drug-likeness (QED) is 0.586. The molecular weight excluding hydrogens is 134 g/mol. The van der Waals surface area contributed by atoms with Crippen LogP contribution in [-0.2, 0) is 0 Å². The summed E-state index contributed by atoms with van der Waals surface area (Å²) in [4.78, 5) is 0. The SMILES string of the molecule is C=C(CCC)CC(CC)CN. The summed E-state index contributed by atoms with van der Waals surface area (Å²) in [6.07, 6.45) is 4.68. The number of nitrogens with two attached hydrogens (primary N) is 1. The van der Waals surface area contributed by atoms with E-state index in [-0.39, 0.29) is 0 Å². The van der Waals surface area contributed by atoms with Crippen LogP contribution in [-0.4, -0.2) is 6.54 Å². The van der Waals surface area contributed by atoms with Gasteiger partial charge in [-0.15, -0.1) is 0 Å². The molecule has 0 saturated heterocycles. The van der Waals surface area contributed by atoms with Gasteiger partial charge in [-0.3, -0.25) is 0 Å². The number of hydrogen-bond acceptors (Lipinski definition) is 1. The van der Waals surface area contributed by atoms with Crippen molar-refractivity contribution >= 4 is 0 Å². The third-order valence-corrected chi connectivity index (χ3v) is 2.09. The average Bonchev–Trinajstić information content (AvgIpc) is 2.01. The van der Waals surface area contributed by atoms with E-state index in [4.69, 9.17) is 5.73 Å². The molecular formula is C10H21N. The summed E-state index contributed by atoms with van der Waals surface area (Å²) in [5, 5.41) is 0. The van der Waals surface area contributed by atoms with Crippen LogP contribution in [0.4, 0.5) is 0 Å². The monoisotopic (exact) mass is 155 g/mol. The predicted molar refractivity (Wildman–Crippen MR) is 51.5 cm³/mol. The molecule has 0 fully saturated rings. The molecule has 0 aliphatic carbocycles.